The molecule has 4 heteroatoms. The van der Waals surface area contributed by atoms with Crippen molar-refractivity contribution in [1.29, 1.82) is 5.26 Å². The smallest absolute Gasteiger partial charge is 0.136 e. The predicted molar refractivity (Wildman–Crippen MR) is 65.8 cm³/mol. The highest BCUT2D eigenvalue weighted by atomic mass is 16.5. The van der Waals surface area contributed by atoms with Gasteiger partial charge in [-0.05, 0) is 24.7 Å². The summed E-state index contributed by atoms with van der Waals surface area (Å²) in [6.45, 7) is 3.00. The Hall–Kier alpha value is -1.57. The fourth-order valence-electron chi connectivity index (χ4n) is 1.93. The summed E-state index contributed by atoms with van der Waals surface area (Å²) in [4.78, 5) is 2.32. The molecule has 90 valence electrons. The molecule has 0 aromatic heterocycles. The van der Waals surface area contributed by atoms with Crippen molar-refractivity contribution in [2.24, 2.45) is 0 Å². The van der Waals surface area contributed by atoms with Gasteiger partial charge in [0, 0.05) is 25.7 Å². The Morgan fingerprint density at radius 2 is 2.29 bits per heavy atom. The van der Waals surface area contributed by atoms with Crippen LogP contribution in [-0.4, -0.2) is 38.2 Å². The van der Waals surface area contributed by atoms with Crippen molar-refractivity contribution in [3.63, 3.8) is 0 Å². The first-order valence-electron chi connectivity index (χ1n) is 5.72. The van der Waals surface area contributed by atoms with Crippen LogP contribution >= 0.6 is 0 Å². The molecule has 1 aliphatic heterocycles. The molecule has 1 aromatic carbocycles. The number of likely N-dealkylation sites (N-methyl/N-ethyl adjacent to an activating group) is 1. The molecule has 1 aliphatic rings. The van der Waals surface area contributed by atoms with Crippen LogP contribution < -0.4 is 10.1 Å². The Labute approximate surface area is 102 Å². The Bertz CT molecular complexity index is 435. The number of nitrogens with zero attached hydrogens (tertiary/aromatic N) is 2. The van der Waals surface area contributed by atoms with Gasteiger partial charge in [-0.2, -0.15) is 5.26 Å². The summed E-state index contributed by atoms with van der Waals surface area (Å²) in [5, 5.41) is 12.2. The molecule has 0 aliphatic carbocycles. The van der Waals surface area contributed by atoms with Gasteiger partial charge in [-0.15, -0.1) is 0 Å². The van der Waals surface area contributed by atoms with Crippen molar-refractivity contribution in [2.45, 2.75) is 12.6 Å². The van der Waals surface area contributed by atoms with Crippen molar-refractivity contribution < 1.29 is 4.74 Å². The Kier molecular flexibility index (Phi) is 3.62. The van der Waals surface area contributed by atoms with Crippen LogP contribution in [0.15, 0.2) is 18.2 Å². The zero-order valence-electron chi connectivity index (χ0n) is 10.2. The molecule has 0 unspecified atom stereocenters. The number of rotatable bonds is 4. The zero-order chi connectivity index (χ0) is 12.3. The van der Waals surface area contributed by atoms with Gasteiger partial charge in [-0.25, -0.2) is 0 Å². The summed E-state index contributed by atoms with van der Waals surface area (Å²) in [7, 11) is 3.72. The number of hydrogen-bond donors (Lipinski definition) is 1. The van der Waals surface area contributed by atoms with Crippen LogP contribution in [0.5, 0.6) is 5.75 Å². The predicted octanol–water partition coefficient (Wildman–Crippen LogP) is 0.970. The number of nitrogens with one attached hydrogen (secondary N) is 1. The summed E-state index contributed by atoms with van der Waals surface area (Å²) in [5.41, 5.74) is 1.76. The van der Waals surface area contributed by atoms with E-state index in [1.54, 1.807) is 7.11 Å². The molecule has 1 N–H and O–H groups in total. The topological polar surface area (TPSA) is 48.3 Å². The molecule has 0 amide bonds. The standard InChI is InChI=1S/C13H17N3O/c1-16(12-7-15-8-12)9-10-3-4-11(6-14)13(5-10)17-2/h3-5,12,15H,7-9H2,1-2H3. The van der Waals surface area contributed by atoms with E-state index in [-0.39, 0.29) is 0 Å². The Morgan fingerprint density at radius 3 is 2.82 bits per heavy atom. The van der Waals surface area contributed by atoms with E-state index in [0.717, 1.165) is 19.6 Å². The van der Waals surface area contributed by atoms with Crippen molar-refractivity contribution >= 4 is 0 Å². The number of benzene rings is 1. The molecule has 0 saturated carbocycles. The number of ether oxygens (including phenoxy) is 1. The van der Waals surface area contributed by atoms with Gasteiger partial charge in [-0.3, -0.25) is 4.90 Å². The van der Waals surface area contributed by atoms with Gasteiger partial charge in [0.15, 0.2) is 0 Å². The third kappa shape index (κ3) is 2.57. The summed E-state index contributed by atoms with van der Waals surface area (Å²) >= 11 is 0. The van der Waals surface area contributed by atoms with Crippen LogP contribution in [0.4, 0.5) is 0 Å². The zero-order valence-corrected chi connectivity index (χ0v) is 10.2. The number of methoxy groups -OCH3 is 1. The third-order valence-corrected chi connectivity index (χ3v) is 3.20. The first-order valence-corrected chi connectivity index (χ1v) is 5.72. The molecular formula is C13H17N3O. The lowest BCUT2D eigenvalue weighted by Crippen LogP contribution is -2.55. The maximum atomic E-state index is 8.91. The highest BCUT2D eigenvalue weighted by molar-refractivity contribution is 5.45. The molecule has 2 rings (SSSR count). The lowest BCUT2D eigenvalue weighted by Gasteiger charge is -2.35. The van der Waals surface area contributed by atoms with Crippen LogP contribution in [0.25, 0.3) is 0 Å². The van der Waals surface area contributed by atoms with E-state index >= 15 is 0 Å². The summed E-state index contributed by atoms with van der Waals surface area (Å²) in [6.07, 6.45) is 0. The molecule has 1 fully saturated rings. The molecule has 1 aromatic rings. The van der Waals surface area contributed by atoms with Gasteiger partial charge in [-0.1, -0.05) is 6.07 Å². The second-order valence-electron chi connectivity index (χ2n) is 4.37. The molecule has 0 radical (unpaired) electrons. The highest BCUT2D eigenvalue weighted by Gasteiger charge is 2.21. The molecule has 0 bridgehead atoms. The minimum Gasteiger partial charge on any atom is -0.495 e. The molecule has 1 heterocycles. The second kappa shape index (κ2) is 5.17. The highest BCUT2D eigenvalue weighted by Crippen LogP contribution is 2.20. The number of nitriles is 1. The average Bonchev–Trinajstić information content (AvgIpc) is 2.26. The lowest BCUT2D eigenvalue weighted by atomic mass is 10.1. The van der Waals surface area contributed by atoms with E-state index in [1.165, 1.54) is 5.56 Å². The van der Waals surface area contributed by atoms with Crippen molar-refractivity contribution in [1.82, 2.24) is 10.2 Å². The fourth-order valence-corrected chi connectivity index (χ4v) is 1.93. The molecule has 4 nitrogen and oxygen atoms in total. The summed E-state index contributed by atoms with van der Waals surface area (Å²) in [6, 6.07) is 8.50. The Balaban J connectivity index is 2.08. The van der Waals surface area contributed by atoms with Crippen LogP contribution in [-0.2, 0) is 6.54 Å². The van der Waals surface area contributed by atoms with E-state index in [1.807, 2.05) is 18.2 Å². The van der Waals surface area contributed by atoms with Gasteiger partial charge >= 0.3 is 0 Å². The summed E-state index contributed by atoms with van der Waals surface area (Å²) in [5.74, 6) is 0.658. The largest absolute Gasteiger partial charge is 0.495 e. The fraction of sp³-hybridized carbons (Fsp3) is 0.462. The van der Waals surface area contributed by atoms with Crippen LogP contribution in [0.3, 0.4) is 0 Å². The van der Waals surface area contributed by atoms with E-state index in [9.17, 15) is 0 Å². The third-order valence-electron chi connectivity index (χ3n) is 3.20. The first kappa shape index (κ1) is 11.9. The SMILES string of the molecule is COc1cc(CN(C)C2CNC2)ccc1C#N. The van der Waals surface area contributed by atoms with Gasteiger partial charge in [0.25, 0.3) is 0 Å². The maximum absolute atomic E-state index is 8.91. The van der Waals surface area contributed by atoms with Crippen LogP contribution in [0.1, 0.15) is 11.1 Å². The minimum atomic E-state index is 0.587. The Morgan fingerprint density at radius 1 is 1.53 bits per heavy atom. The summed E-state index contributed by atoms with van der Waals surface area (Å²) < 4.78 is 5.21. The quantitative estimate of drug-likeness (QED) is 0.839. The number of hydrogen-bond acceptors (Lipinski definition) is 4. The molecule has 1 saturated heterocycles. The lowest BCUT2D eigenvalue weighted by molar-refractivity contribution is 0.173. The maximum Gasteiger partial charge on any atom is 0.136 e. The van der Waals surface area contributed by atoms with Gasteiger partial charge < -0.3 is 10.1 Å². The van der Waals surface area contributed by atoms with Crippen molar-refractivity contribution in [3.05, 3.63) is 29.3 Å². The van der Waals surface area contributed by atoms with E-state index in [4.69, 9.17) is 10.00 Å². The van der Waals surface area contributed by atoms with E-state index in [0.29, 0.717) is 17.4 Å². The molecule has 17 heavy (non-hydrogen) atoms. The monoisotopic (exact) mass is 231 g/mol. The van der Waals surface area contributed by atoms with Crippen LogP contribution in [0, 0.1) is 11.3 Å². The normalized spacial score (nSPS) is 15.4. The van der Waals surface area contributed by atoms with Crippen molar-refractivity contribution in [3.8, 4) is 11.8 Å². The van der Waals surface area contributed by atoms with E-state index in [2.05, 4.69) is 23.3 Å². The van der Waals surface area contributed by atoms with Crippen molar-refractivity contribution in [2.75, 3.05) is 27.2 Å². The molecule has 0 spiro atoms. The van der Waals surface area contributed by atoms with Gasteiger partial charge in [0.1, 0.15) is 11.8 Å². The first-order chi connectivity index (χ1) is 8.24. The molecular weight excluding hydrogens is 214 g/mol. The second-order valence-corrected chi connectivity index (χ2v) is 4.37. The van der Waals surface area contributed by atoms with E-state index < -0.39 is 0 Å². The van der Waals surface area contributed by atoms with Crippen LogP contribution in [0.2, 0.25) is 0 Å². The average molecular weight is 231 g/mol. The van der Waals surface area contributed by atoms with Gasteiger partial charge in [0.05, 0.1) is 12.7 Å². The minimum absolute atomic E-state index is 0.587. The molecule has 0 atom stereocenters. The van der Waals surface area contributed by atoms with Gasteiger partial charge in [0.2, 0.25) is 0 Å².